The van der Waals surface area contributed by atoms with E-state index in [1.807, 2.05) is 79.7 Å². The number of benzene rings is 2. The highest BCUT2D eigenvalue weighted by Gasteiger charge is 2.29. The fraction of sp³-hybridized carbons (Fsp3) is 0.296. The van der Waals surface area contributed by atoms with Crippen molar-refractivity contribution in [3.8, 4) is 22.8 Å². The predicted octanol–water partition coefficient (Wildman–Crippen LogP) is 3.30. The maximum Gasteiger partial charge on any atom is 0.254 e. The van der Waals surface area contributed by atoms with Crippen molar-refractivity contribution in [1.82, 2.24) is 19.6 Å². The number of carbonyl (C=O) groups is 2. The second kappa shape index (κ2) is 11.1. The van der Waals surface area contributed by atoms with E-state index in [0.29, 0.717) is 36.6 Å². The minimum Gasteiger partial charge on any atom is -0.457 e. The van der Waals surface area contributed by atoms with Crippen molar-refractivity contribution >= 4 is 17.6 Å². The molecule has 36 heavy (non-hydrogen) atoms. The molecule has 4 rings (SSSR count). The van der Waals surface area contributed by atoms with Gasteiger partial charge in [-0.3, -0.25) is 9.59 Å². The summed E-state index contributed by atoms with van der Waals surface area (Å²) >= 11 is 0. The van der Waals surface area contributed by atoms with Gasteiger partial charge in [0.1, 0.15) is 28.6 Å². The number of anilines is 1. The Morgan fingerprint density at radius 3 is 2.47 bits per heavy atom. The largest absolute Gasteiger partial charge is 0.457 e. The minimum atomic E-state index is -0.645. The lowest BCUT2D eigenvalue weighted by atomic mass is 10.1. The first kappa shape index (κ1) is 25.0. The van der Waals surface area contributed by atoms with Gasteiger partial charge < -0.3 is 26.0 Å². The van der Waals surface area contributed by atoms with Crippen molar-refractivity contribution in [2.75, 3.05) is 39.5 Å². The summed E-state index contributed by atoms with van der Waals surface area (Å²) in [6, 6.07) is 16.6. The normalized spacial score (nSPS) is 16.0. The summed E-state index contributed by atoms with van der Waals surface area (Å²) in [5, 5.41) is 4.71. The van der Waals surface area contributed by atoms with Crippen molar-refractivity contribution < 1.29 is 14.3 Å². The first-order chi connectivity index (χ1) is 17.3. The van der Waals surface area contributed by atoms with Gasteiger partial charge in [0.05, 0.1) is 6.04 Å². The number of nitrogens with zero attached hydrogens (tertiary/aromatic N) is 4. The molecular formula is C27H32N6O3. The Balaban J connectivity index is 1.56. The maximum absolute atomic E-state index is 12.7. The number of carbonyl (C=O) groups excluding carboxylic acids is 2. The van der Waals surface area contributed by atoms with E-state index in [-0.39, 0.29) is 23.3 Å². The molecule has 1 unspecified atom stereocenters. The van der Waals surface area contributed by atoms with Gasteiger partial charge in [-0.2, -0.15) is 5.10 Å². The SMILES string of the molecule is CN(C)C/C=C/C(=O)N1CCCC(n2nc(-c3ccc(Oc4ccccc4)cc3)c(C(N)=O)c2N)C1. The third-order valence-corrected chi connectivity index (χ3v) is 6.09. The molecule has 1 aliphatic rings. The number of hydrogen-bond donors (Lipinski definition) is 2. The van der Waals surface area contributed by atoms with Crippen LogP contribution in [0.5, 0.6) is 11.5 Å². The Labute approximate surface area is 210 Å². The molecule has 0 radical (unpaired) electrons. The number of nitrogen functional groups attached to an aromatic ring is 1. The van der Waals surface area contributed by atoms with Gasteiger partial charge in [-0.1, -0.05) is 24.3 Å². The third kappa shape index (κ3) is 5.75. The quantitative estimate of drug-likeness (QED) is 0.470. The number of piperidine rings is 1. The molecule has 1 saturated heterocycles. The smallest absolute Gasteiger partial charge is 0.254 e. The van der Waals surface area contributed by atoms with Crippen molar-refractivity contribution in [3.05, 3.63) is 72.3 Å². The molecular weight excluding hydrogens is 456 g/mol. The summed E-state index contributed by atoms with van der Waals surface area (Å²) in [5.74, 6) is 0.904. The lowest BCUT2D eigenvalue weighted by Crippen LogP contribution is -2.40. The standard InChI is InChI=1S/C27H32N6O3/c1-31(2)16-7-11-23(34)32-17-6-8-20(18-32)33-26(28)24(27(29)35)25(30-33)19-12-14-22(15-13-19)36-21-9-4-3-5-10-21/h3-5,7,9-15,20H,6,8,16-18,28H2,1-2H3,(H2,29,35)/b11-7+. The molecule has 2 aromatic carbocycles. The Bertz CT molecular complexity index is 1230. The van der Waals surface area contributed by atoms with Crippen LogP contribution in [0, 0.1) is 0 Å². The molecule has 1 aliphatic heterocycles. The molecule has 188 valence electrons. The van der Waals surface area contributed by atoms with Crippen LogP contribution in [0.3, 0.4) is 0 Å². The van der Waals surface area contributed by atoms with Gasteiger partial charge in [-0.05, 0) is 63.3 Å². The number of rotatable bonds is 8. The maximum atomic E-state index is 12.7. The molecule has 0 aliphatic carbocycles. The van der Waals surface area contributed by atoms with Crippen LogP contribution in [0.1, 0.15) is 29.2 Å². The van der Waals surface area contributed by atoms with E-state index in [9.17, 15) is 9.59 Å². The first-order valence-electron chi connectivity index (χ1n) is 11.9. The van der Waals surface area contributed by atoms with Crippen LogP contribution in [-0.2, 0) is 4.79 Å². The molecule has 0 bridgehead atoms. The number of aromatic nitrogens is 2. The monoisotopic (exact) mass is 488 g/mol. The summed E-state index contributed by atoms with van der Waals surface area (Å²) in [5.41, 5.74) is 13.4. The lowest BCUT2D eigenvalue weighted by Gasteiger charge is -2.32. The summed E-state index contributed by atoms with van der Waals surface area (Å²) in [6.45, 7) is 1.81. The van der Waals surface area contributed by atoms with Crippen LogP contribution in [0.15, 0.2) is 66.7 Å². The zero-order chi connectivity index (χ0) is 25.7. The Hall–Kier alpha value is -4.11. The zero-order valence-electron chi connectivity index (χ0n) is 20.6. The van der Waals surface area contributed by atoms with Crippen molar-refractivity contribution in [2.45, 2.75) is 18.9 Å². The highest BCUT2D eigenvalue weighted by molar-refractivity contribution is 6.03. The number of ether oxygens (including phenoxy) is 1. The predicted molar refractivity (Wildman–Crippen MR) is 140 cm³/mol. The van der Waals surface area contributed by atoms with Crippen LogP contribution in [0.2, 0.25) is 0 Å². The number of primary amides is 1. The third-order valence-electron chi connectivity index (χ3n) is 6.09. The number of likely N-dealkylation sites (tertiary alicyclic amines) is 1. The van der Waals surface area contributed by atoms with Gasteiger partial charge in [0.15, 0.2) is 0 Å². The van der Waals surface area contributed by atoms with Crippen LogP contribution < -0.4 is 16.2 Å². The fourth-order valence-electron chi connectivity index (χ4n) is 4.30. The summed E-state index contributed by atoms with van der Waals surface area (Å²) in [7, 11) is 3.90. The molecule has 0 spiro atoms. The number of para-hydroxylation sites is 1. The average molecular weight is 489 g/mol. The summed E-state index contributed by atoms with van der Waals surface area (Å²) in [4.78, 5) is 28.8. The van der Waals surface area contributed by atoms with E-state index < -0.39 is 5.91 Å². The molecule has 2 amide bonds. The molecule has 9 heteroatoms. The van der Waals surface area contributed by atoms with Gasteiger partial charge in [0.2, 0.25) is 5.91 Å². The van der Waals surface area contributed by atoms with Crippen LogP contribution in [0.4, 0.5) is 5.82 Å². The Morgan fingerprint density at radius 2 is 1.81 bits per heavy atom. The Morgan fingerprint density at radius 1 is 1.11 bits per heavy atom. The highest BCUT2D eigenvalue weighted by atomic mass is 16.5. The van der Waals surface area contributed by atoms with Crippen LogP contribution in [0.25, 0.3) is 11.3 Å². The van der Waals surface area contributed by atoms with E-state index in [1.54, 1.807) is 15.7 Å². The van der Waals surface area contributed by atoms with Crippen molar-refractivity contribution in [2.24, 2.45) is 5.73 Å². The molecule has 2 heterocycles. The molecule has 4 N–H and O–H groups in total. The van der Waals surface area contributed by atoms with Gasteiger partial charge in [0.25, 0.3) is 5.91 Å². The molecule has 3 aromatic rings. The summed E-state index contributed by atoms with van der Waals surface area (Å²) in [6.07, 6.45) is 5.05. The van der Waals surface area contributed by atoms with Gasteiger partial charge in [-0.25, -0.2) is 4.68 Å². The Kier molecular flexibility index (Phi) is 7.70. The van der Waals surface area contributed by atoms with Gasteiger partial charge >= 0.3 is 0 Å². The molecule has 0 saturated carbocycles. The van der Waals surface area contributed by atoms with E-state index in [2.05, 4.69) is 0 Å². The number of nitrogens with two attached hydrogens (primary N) is 2. The number of likely N-dealkylation sites (N-methyl/N-ethyl adjacent to an activating group) is 1. The molecule has 9 nitrogen and oxygen atoms in total. The number of amides is 2. The zero-order valence-corrected chi connectivity index (χ0v) is 20.6. The van der Waals surface area contributed by atoms with E-state index in [1.165, 1.54) is 0 Å². The van der Waals surface area contributed by atoms with E-state index in [0.717, 1.165) is 18.6 Å². The molecule has 1 fully saturated rings. The molecule has 1 aromatic heterocycles. The second-order valence-electron chi connectivity index (χ2n) is 9.10. The average Bonchev–Trinajstić information content (AvgIpc) is 3.22. The van der Waals surface area contributed by atoms with Gasteiger partial charge in [0, 0.05) is 31.3 Å². The van der Waals surface area contributed by atoms with Crippen molar-refractivity contribution in [1.29, 1.82) is 0 Å². The van der Waals surface area contributed by atoms with Gasteiger partial charge in [-0.15, -0.1) is 0 Å². The second-order valence-corrected chi connectivity index (χ2v) is 9.10. The topological polar surface area (TPSA) is 120 Å². The minimum absolute atomic E-state index is 0.0448. The number of hydrogen-bond acceptors (Lipinski definition) is 6. The molecule has 1 atom stereocenters. The lowest BCUT2D eigenvalue weighted by molar-refractivity contribution is -0.127. The van der Waals surface area contributed by atoms with Crippen LogP contribution in [-0.4, -0.2) is 65.1 Å². The highest BCUT2D eigenvalue weighted by Crippen LogP contribution is 2.33. The first-order valence-corrected chi connectivity index (χ1v) is 11.9. The van der Waals surface area contributed by atoms with E-state index in [4.69, 9.17) is 21.3 Å². The fourth-order valence-corrected chi connectivity index (χ4v) is 4.30. The van der Waals surface area contributed by atoms with Crippen molar-refractivity contribution in [3.63, 3.8) is 0 Å². The van der Waals surface area contributed by atoms with E-state index >= 15 is 0 Å². The van der Waals surface area contributed by atoms with Crippen LogP contribution >= 0.6 is 0 Å². The summed E-state index contributed by atoms with van der Waals surface area (Å²) < 4.78 is 7.50.